The molecule has 0 spiro atoms. The van der Waals surface area contributed by atoms with Crippen molar-refractivity contribution in [2.75, 3.05) is 0 Å². The van der Waals surface area contributed by atoms with Crippen LogP contribution in [-0.4, -0.2) is 31.0 Å². The van der Waals surface area contributed by atoms with E-state index in [0.29, 0.717) is 17.5 Å². The summed E-state index contributed by atoms with van der Waals surface area (Å²) in [5.41, 5.74) is 9.80. The predicted octanol–water partition coefficient (Wildman–Crippen LogP) is 9.82. The van der Waals surface area contributed by atoms with Gasteiger partial charge in [0.1, 0.15) is 0 Å². The molecule has 3 nitrogen and oxygen atoms in total. The molecule has 1 heterocycles. The molecule has 0 unspecified atom stereocenters. The predicted molar refractivity (Wildman–Crippen MR) is 195 cm³/mol. The van der Waals surface area contributed by atoms with Gasteiger partial charge >= 0.3 is 284 Å². The molecule has 47 heavy (non-hydrogen) atoms. The van der Waals surface area contributed by atoms with Crippen molar-refractivity contribution in [3.8, 4) is 67.5 Å². The molecular weight excluding hydrogens is 637 g/mol. The van der Waals surface area contributed by atoms with Crippen LogP contribution in [0, 0.1) is 0 Å². The van der Waals surface area contributed by atoms with Gasteiger partial charge in [0.2, 0.25) is 0 Å². The Hall–Kier alpha value is -5.67. The van der Waals surface area contributed by atoms with Crippen LogP contribution in [0.1, 0.15) is 0 Å². The minimum atomic E-state index is 0.643. The Labute approximate surface area is 282 Å². The van der Waals surface area contributed by atoms with Crippen LogP contribution in [-0.2, 0) is 0 Å². The summed E-state index contributed by atoms with van der Waals surface area (Å²) in [6, 6.07) is 58.9. The number of rotatable bonds is 6. The number of benzene rings is 7. The number of aromatic nitrogens is 3. The van der Waals surface area contributed by atoms with Crippen molar-refractivity contribution in [1.82, 2.24) is 15.0 Å². The third-order valence-electron chi connectivity index (χ3n) is 8.41. The number of hydrogen-bond acceptors (Lipinski definition) is 3. The van der Waals surface area contributed by atoms with E-state index in [-0.39, 0.29) is 0 Å². The normalized spacial score (nSPS) is 11.1. The van der Waals surface area contributed by atoms with Crippen LogP contribution in [0.5, 0.6) is 0 Å². The monoisotopic (exact) mass is 666 g/mol. The van der Waals surface area contributed by atoms with Crippen LogP contribution in [0.2, 0.25) is 0 Å². The molecule has 0 amide bonds. The van der Waals surface area contributed by atoms with Crippen LogP contribution >= 0.6 is 0 Å². The van der Waals surface area contributed by atoms with E-state index >= 15 is 0 Å². The second kappa shape index (κ2) is 12.6. The van der Waals surface area contributed by atoms with Gasteiger partial charge in [0, 0.05) is 0 Å². The summed E-state index contributed by atoms with van der Waals surface area (Å²) in [5.74, 6) is 1.94. The fourth-order valence-corrected chi connectivity index (χ4v) is 6.85. The average molecular weight is 666 g/mol. The van der Waals surface area contributed by atoms with Crippen molar-refractivity contribution in [2.45, 2.75) is 0 Å². The van der Waals surface area contributed by atoms with Gasteiger partial charge in [0.25, 0.3) is 0 Å². The second-order valence-corrected chi connectivity index (χ2v) is 12.3. The van der Waals surface area contributed by atoms with E-state index in [2.05, 4.69) is 125 Å². The van der Waals surface area contributed by atoms with Crippen molar-refractivity contribution in [3.63, 3.8) is 0 Å². The van der Waals surface area contributed by atoms with Gasteiger partial charge in [-0.25, -0.2) is 0 Å². The van der Waals surface area contributed by atoms with Crippen molar-refractivity contribution in [2.24, 2.45) is 0 Å². The van der Waals surface area contributed by atoms with Crippen LogP contribution in [0.3, 0.4) is 0 Å². The first-order valence-corrected chi connectivity index (χ1v) is 16.4. The molecule has 0 fully saturated rings. The van der Waals surface area contributed by atoms with Crippen molar-refractivity contribution in [1.29, 1.82) is 0 Å². The Balaban J connectivity index is 1.30. The molecule has 8 aromatic rings. The summed E-state index contributed by atoms with van der Waals surface area (Å²) < 4.78 is 1.10. The van der Waals surface area contributed by atoms with Crippen molar-refractivity contribution >= 4 is 31.2 Å². The van der Waals surface area contributed by atoms with E-state index in [9.17, 15) is 0 Å². The van der Waals surface area contributed by atoms with Gasteiger partial charge in [-0.2, -0.15) is 0 Å². The third-order valence-corrected chi connectivity index (χ3v) is 9.33. The Morgan fingerprint density at radius 3 is 1.47 bits per heavy atom. The Bertz CT molecular complexity index is 2300. The molecule has 0 atom stereocenters. The van der Waals surface area contributed by atoms with Gasteiger partial charge in [-0.15, -0.1) is 0 Å². The zero-order valence-corrected chi connectivity index (χ0v) is 27.1. The molecule has 0 bridgehead atoms. The van der Waals surface area contributed by atoms with E-state index in [1.54, 1.807) is 0 Å². The molecule has 221 valence electrons. The maximum atomic E-state index is 5.08. The van der Waals surface area contributed by atoms with Crippen LogP contribution in [0.4, 0.5) is 0 Å². The van der Waals surface area contributed by atoms with Crippen LogP contribution in [0.25, 0.3) is 78.3 Å². The maximum absolute atomic E-state index is 5.08. The molecule has 0 aliphatic heterocycles. The third kappa shape index (κ3) is 5.77. The fourth-order valence-electron chi connectivity index (χ4n) is 6.07. The molecule has 0 saturated heterocycles. The summed E-state index contributed by atoms with van der Waals surface area (Å²) in [4.78, 5) is 15.1. The quantitative estimate of drug-likeness (QED) is 0.166. The molecule has 8 rings (SSSR count). The fraction of sp³-hybridized carbons (Fsp3) is 0. The van der Waals surface area contributed by atoms with Crippen LogP contribution < -0.4 is 4.46 Å². The molecular formula is C43H28N3Se. The van der Waals surface area contributed by atoms with Crippen molar-refractivity contribution < 1.29 is 0 Å². The van der Waals surface area contributed by atoms with E-state index in [1.807, 2.05) is 60.7 Å². The molecule has 0 saturated carbocycles. The Kier molecular flexibility index (Phi) is 7.72. The van der Waals surface area contributed by atoms with Crippen molar-refractivity contribution in [3.05, 3.63) is 170 Å². The zero-order chi connectivity index (χ0) is 31.6. The van der Waals surface area contributed by atoms with Crippen LogP contribution in [0.15, 0.2) is 170 Å². The van der Waals surface area contributed by atoms with Gasteiger partial charge in [-0.1, -0.05) is 0 Å². The standard InChI is InChI=1S/C43H28N3Se/c47-40-37(34-22-12-21-32(26-34)29-14-4-1-5-15-29)24-13-25-38(40)35-27-33-20-10-11-23-36(33)39(28-35)43-45-41(30-16-6-2-7-17-30)44-42(46-43)31-18-8-3-9-19-31/h1-28H. The van der Waals surface area contributed by atoms with Gasteiger partial charge in [0.05, 0.1) is 0 Å². The average Bonchev–Trinajstić information content (AvgIpc) is 3.15. The van der Waals surface area contributed by atoms with Gasteiger partial charge in [-0.05, 0) is 0 Å². The molecule has 4 heteroatoms. The zero-order valence-electron chi connectivity index (χ0n) is 25.4. The summed E-state index contributed by atoms with van der Waals surface area (Å²) in [7, 11) is 0. The molecule has 0 aliphatic rings. The molecule has 1 radical (unpaired) electrons. The van der Waals surface area contributed by atoms with E-state index in [4.69, 9.17) is 15.0 Å². The molecule has 0 aliphatic carbocycles. The van der Waals surface area contributed by atoms with Gasteiger partial charge < -0.3 is 0 Å². The van der Waals surface area contributed by atoms with E-state index in [0.717, 1.165) is 48.6 Å². The molecule has 0 N–H and O–H groups in total. The second-order valence-electron chi connectivity index (χ2n) is 11.4. The summed E-state index contributed by atoms with van der Waals surface area (Å²) in [6.07, 6.45) is 0. The first-order valence-electron chi connectivity index (χ1n) is 15.6. The summed E-state index contributed by atoms with van der Waals surface area (Å²) in [6.45, 7) is 0. The summed E-state index contributed by atoms with van der Waals surface area (Å²) in [5, 5.41) is 2.22. The topological polar surface area (TPSA) is 38.7 Å². The number of fused-ring (bicyclic) bond motifs is 1. The molecule has 1 aromatic heterocycles. The minimum absolute atomic E-state index is 0.643. The van der Waals surface area contributed by atoms with Gasteiger partial charge in [0.15, 0.2) is 0 Å². The first kappa shape index (κ1) is 28.8. The van der Waals surface area contributed by atoms with E-state index in [1.165, 1.54) is 16.7 Å². The first-order chi connectivity index (χ1) is 23.2. The Morgan fingerprint density at radius 1 is 0.319 bits per heavy atom. The van der Waals surface area contributed by atoms with Gasteiger partial charge in [-0.3, -0.25) is 0 Å². The Morgan fingerprint density at radius 2 is 0.809 bits per heavy atom. The summed E-state index contributed by atoms with van der Waals surface area (Å²) >= 11 is 3.42. The number of nitrogens with zero attached hydrogens (tertiary/aromatic N) is 3. The molecule has 7 aromatic carbocycles. The number of hydrogen-bond donors (Lipinski definition) is 0. The van der Waals surface area contributed by atoms with E-state index < -0.39 is 0 Å². The SMILES string of the molecule is [Se]c1c(-c2cccc(-c3ccccc3)c2)cccc1-c1cc(-c2nc(-c3ccccc3)nc(-c3ccccc3)n2)c2ccccc2c1.